The molecule has 1 aromatic rings. The van der Waals surface area contributed by atoms with Crippen LogP contribution < -0.4 is 29.6 Å². The van der Waals surface area contributed by atoms with Gasteiger partial charge in [0.15, 0.2) is 0 Å². The molecule has 0 saturated carbocycles. The maximum Gasteiger partial charge on any atom is 1.00 e. The van der Waals surface area contributed by atoms with Crippen molar-refractivity contribution in [2.45, 2.75) is 11.8 Å². The van der Waals surface area contributed by atoms with Crippen molar-refractivity contribution < 1.29 is 57.2 Å². The quantitative estimate of drug-likeness (QED) is 0.368. The van der Waals surface area contributed by atoms with Gasteiger partial charge in [-0.25, -0.2) is 13.2 Å². The molecule has 0 aliphatic rings. The van der Waals surface area contributed by atoms with E-state index in [4.69, 9.17) is 0 Å². The van der Waals surface area contributed by atoms with E-state index in [0.717, 1.165) is 18.2 Å². The van der Waals surface area contributed by atoms with E-state index in [-0.39, 0.29) is 41.7 Å². The second-order valence-corrected chi connectivity index (χ2v) is 4.21. The van der Waals surface area contributed by atoms with Gasteiger partial charge in [-0.1, -0.05) is 0 Å². The Morgan fingerprint density at radius 3 is 2.47 bits per heavy atom. The third-order valence-corrected chi connectivity index (χ3v) is 2.62. The van der Waals surface area contributed by atoms with Gasteiger partial charge in [-0.2, -0.15) is 0 Å². The fourth-order valence-electron chi connectivity index (χ4n) is 1.07. The summed E-state index contributed by atoms with van der Waals surface area (Å²) >= 11 is 0. The Bertz CT molecular complexity index is 510. The molecule has 0 saturated heterocycles. The minimum atomic E-state index is -4.74. The van der Waals surface area contributed by atoms with Crippen LogP contribution in [0.15, 0.2) is 23.1 Å². The van der Waals surface area contributed by atoms with Crippen molar-refractivity contribution in [3.8, 4) is 5.75 Å². The molecular weight excluding hydrogens is 259 g/mol. The van der Waals surface area contributed by atoms with Crippen LogP contribution in [0.4, 0.5) is 0 Å². The normalized spacial score (nSPS) is 10.5. The molecule has 8 heteroatoms. The van der Waals surface area contributed by atoms with Gasteiger partial charge in [0.25, 0.3) is 0 Å². The number of esters is 1. The second kappa shape index (κ2) is 6.36. The van der Waals surface area contributed by atoms with Gasteiger partial charge in [0.2, 0.25) is 0 Å². The molecular formula is C9H9NaO6S. The van der Waals surface area contributed by atoms with Crippen molar-refractivity contribution >= 4 is 16.1 Å². The monoisotopic (exact) mass is 268 g/mol. The topological polar surface area (TPSA) is 104 Å². The maximum absolute atomic E-state index is 11.2. The Morgan fingerprint density at radius 2 is 2.06 bits per heavy atom. The molecule has 1 N–H and O–H groups in total. The molecule has 0 radical (unpaired) electrons. The van der Waals surface area contributed by atoms with E-state index in [1.807, 2.05) is 0 Å². The molecule has 0 unspecified atom stereocenters. The summed E-state index contributed by atoms with van der Waals surface area (Å²) < 4.78 is 36.5. The van der Waals surface area contributed by atoms with E-state index in [1.165, 1.54) is 0 Å². The number of phenols is 1. The summed E-state index contributed by atoms with van der Waals surface area (Å²) in [6.45, 7) is 1.76. The van der Waals surface area contributed by atoms with Crippen molar-refractivity contribution in [3.63, 3.8) is 0 Å². The zero-order valence-electron chi connectivity index (χ0n) is 9.34. The number of carbonyl (C=O) groups is 1. The summed E-state index contributed by atoms with van der Waals surface area (Å²) in [5, 5.41) is 9.26. The van der Waals surface area contributed by atoms with Crippen molar-refractivity contribution in [1.29, 1.82) is 0 Å². The molecule has 0 bridgehead atoms. The number of hydrogen-bond donors (Lipinski definition) is 1. The molecule has 1 rings (SSSR count). The predicted octanol–water partition coefficient (Wildman–Crippen LogP) is -2.52. The van der Waals surface area contributed by atoms with Gasteiger partial charge in [-0.3, -0.25) is 0 Å². The first kappa shape index (κ1) is 16.4. The fraction of sp³-hybridized carbons (Fsp3) is 0.222. The Labute approximate surface area is 121 Å². The summed E-state index contributed by atoms with van der Waals surface area (Å²) in [6.07, 6.45) is 0. The van der Waals surface area contributed by atoms with Crippen LogP contribution in [0.5, 0.6) is 5.75 Å². The average Bonchev–Trinajstić information content (AvgIpc) is 2.16. The Kier molecular flexibility index (Phi) is 6.14. The van der Waals surface area contributed by atoms with E-state index >= 15 is 0 Å². The minimum absolute atomic E-state index is 0. The van der Waals surface area contributed by atoms with E-state index in [2.05, 4.69) is 4.74 Å². The maximum atomic E-state index is 11.2. The number of carbonyl (C=O) groups excluding carboxylic acids is 1. The molecule has 0 fully saturated rings. The molecule has 0 spiro atoms. The molecule has 0 amide bonds. The molecule has 6 nitrogen and oxygen atoms in total. The largest absolute Gasteiger partial charge is 1.00 e. The standard InChI is InChI=1S/C9H10O6S.Na/c1-2-15-9(11)6-3-4-8(7(10)5-6)16(12,13)14;/h3-5,10H,2H2,1H3,(H,12,13,14);/q;+1/p-1. The third kappa shape index (κ3) is 4.29. The molecule has 0 aromatic heterocycles. The zero-order valence-corrected chi connectivity index (χ0v) is 12.2. The summed E-state index contributed by atoms with van der Waals surface area (Å²) in [6, 6.07) is 2.84. The van der Waals surface area contributed by atoms with Gasteiger partial charge in [-0.15, -0.1) is 0 Å². The summed E-state index contributed by atoms with van der Waals surface area (Å²) in [5.41, 5.74) is -0.0215. The number of hydrogen-bond acceptors (Lipinski definition) is 6. The van der Waals surface area contributed by atoms with E-state index in [1.54, 1.807) is 6.92 Å². The second-order valence-electron chi connectivity index (χ2n) is 2.86. The van der Waals surface area contributed by atoms with Gasteiger partial charge < -0.3 is 14.4 Å². The van der Waals surface area contributed by atoms with Crippen molar-refractivity contribution in [1.82, 2.24) is 0 Å². The Hall–Kier alpha value is -0.600. The van der Waals surface area contributed by atoms with Gasteiger partial charge in [0, 0.05) is 0 Å². The molecule has 0 atom stereocenters. The van der Waals surface area contributed by atoms with Crippen molar-refractivity contribution in [2.24, 2.45) is 0 Å². The van der Waals surface area contributed by atoms with Crippen LogP contribution in [-0.2, 0) is 14.9 Å². The number of ether oxygens (including phenoxy) is 1. The first-order valence-corrected chi connectivity index (χ1v) is 5.73. The van der Waals surface area contributed by atoms with E-state index in [9.17, 15) is 22.9 Å². The van der Waals surface area contributed by atoms with Crippen LogP contribution in [-0.4, -0.2) is 30.7 Å². The molecule has 0 aliphatic heterocycles. The van der Waals surface area contributed by atoms with Crippen LogP contribution >= 0.6 is 0 Å². The van der Waals surface area contributed by atoms with Crippen molar-refractivity contribution in [2.75, 3.05) is 6.61 Å². The van der Waals surface area contributed by atoms with E-state index < -0.39 is 26.7 Å². The van der Waals surface area contributed by atoms with E-state index in [0.29, 0.717) is 0 Å². The molecule has 1 aromatic carbocycles. The van der Waals surface area contributed by atoms with Gasteiger partial charge in [0.05, 0.1) is 17.1 Å². The SMILES string of the molecule is CCOC(=O)c1ccc(S(=O)(=O)[O-])c(O)c1.[Na+]. The molecule has 0 aliphatic carbocycles. The van der Waals surface area contributed by atoms with Crippen LogP contribution in [0.25, 0.3) is 0 Å². The predicted molar refractivity (Wildman–Crippen MR) is 52.0 cm³/mol. The Morgan fingerprint density at radius 1 is 1.47 bits per heavy atom. The number of aromatic hydroxyl groups is 1. The van der Waals surface area contributed by atoms with Gasteiger partial charge >= 0.3 is 35.5 Å². The molecule has 17 heavy (non-hydrogen) atoms. The molecule has 0 heterocycles. The number of benzene rings is 1. The minimum Gasteiger partial charge on any atom is -0.744 e. The summed E-state index contributed by atoms with van der Waals surface area (Å²) in [7, 11) is -4.74. The summed E-state index contributed by atoms with van der Waals surface area (Å²) in [4.78, 5) is 10.4. The van der Waals surface area contributed by atoms with Gasteiger partial charge in [-0.05, 0) is 25.1 Å². The number of rotatable bonds is 3. The van der Waals surface area contributed by atoms with Crippen LogP contribution in [0, 0.1) is 0 Å². The zero-order chi connectivity index (χ0) is 12.3. The first-order chi connectivity index (χ1) is 7.36. The van der Waals surface area contributed by atoms with Crippen LogP contribution in [0.2, 0.25) is 0 Å². The number of phenolic OH excluding ortho intramolecular Hbond substituents is 1. The fourth-order valence-corrected chi connectivity index (χ4v) is 1.62. The summed E-state index contributed by atoms with van der Waals surface area (Å²) in [5.74, 6) is -1.46. The first-order valence-electron chi connectivity index (χ1n) is 4.32. The Balaban J connectivity index is 0.00000256. The molecule has 88 valence electrons. The average molecular weight is 268 g/mol. The van der Waals surface area contributed by atoms with Crippen molar-refractivity contribution in [3.05, 3.63) is 23.8 Å². The van der Waals surface area contributed by atoms with Crippen LogP contribution in [0.1, 0.15) is 17.3 Å². The smallest absolute Gasteiger partial charge is 0.744 e. The van der Waals surface area contributed by atoms with Gasteiger partial charge in [0.1, 0.15) is 15.9 Å². The third-order valence-electron chi connectivity index (χ3n) is 1.74. The van der Waals surface area contributed by atoms with Crippen LogP contribution in [0.3, 0.4) is 0 Å².